The number of hydrogen-bond acceptors (Lipinski definition) is 4. The molecule has 5 nitrogen and oxygen atoms in total. The third-order valence-electron chi connectivity index (χ3n) is 3.67. The van der Waals surface area contributed by atoms with E-state index in [4.69, 9.17) is 10.6 Å². The zero-order chi connectivity index (χ0) is 13.0. The monoisotopic (exact) mass is 252 g/mol. The zero-order valence-corrected chi connectivity index (χ0v) is 11.3. The highest BCUT2D eigenvalue weighted by Crippen LogP contribution is 2.33. The maximum Gasteiger partial charge on any atom is 0.0640 e. The third kappa shape index (κ3) is 3.54. The van der Waals surface area contributed by atoms with Gasteiger partial charge >= 0.3 is 0 Å². The van der Waals surface area contributed by atoms with E-state index in [1.807, 2.05) is 24.0 Å². The molecule has 1 aliphatic carbocycles. The van der Waals surface area contributed by atoms with Crippen molar-refractivity contribution in [1.82, 2.24) is 15.2 Å². The van der Waals surface area contributed by atoms with Crippen molar-refractivity contribution in [3.63, 3.8) is 0 Å². The highest BCUT2D eigenvalue weighted by Gasteiger charge is 2.31. The number of nitrogens with one attached hydrogen (secondary N) is 1. The van der Waals surface area contributed by atoms with Crippen molar-refractivity contribution in [2.45, 2.75) is 44.8 Å². The first kappa shape index (κ1) is 13.5. The lowest BCUT2D eigenvalue weighted by molar-refractivity contribution is -0.0290. The molecule has 102 valence electrons. The summed E-state index contributed by atoms with van der Waals surface area (Å²) >= 11 is 0. The molecule has 0 aromatic carbocycles. The third-order valence-corrected chi connectivity index (χ3v) is 3.67. The smallest absolute Gasteiger partial charge is 0.0640 e. The second-order valence-electron chi connectivity index (χ2n) is 5.20. The van der Waals surface area contributed by atoms with E-state index < -0.39 is 0 Å². The van der Waals surface area contributed by atoms with E-state index in [0.29, 0.717) is 12.1 Å². The number of ether oxygens (including phenoxy) is 1. The average Bonchev–Trinajstić information content (AvgIpc) is 2.70. The molecule has 18 heavy (non-hydrogen) atoms. The van der Waals surface area contributed by atoms with Crippen LogP contribution in [0.4, 0.5) is 0 Å². The Bertz CT molecular complexity index is 360. The average molecular weight is 252 g/mol. The Labute approximate surface area is 109 Å². The van der Waals surface area contributed by atoms with Crippen LogP contribution in [0.3, 0.4) is 0 Å². The molecule has 1 fully saturated rings. The molecule has 1 aromatic rings. The second-order valence-corrected chi connectivity index (χ2v) is 5.20. The van der Waals surface area contributed by atoms with Gasteiger partial charge in [0.2, 0.25) is 0 Å². The van der Waals surface area contributed by atoms with Gasteiger partial charge in [0, 0.05) is 32.3 Å². The summed E-state index contributed by atoms with van der Waals surface area (Å²) in [5.74, 6) is 6.37. The fraction of sp³-hybridized carbons (Fsp3) is 0.769. The number of nitrogens with zero attached hydrogens (tertiary/aromatic N) is 2. The van der Waals surface area contributed by atoms with E-state index in [9.17, 15) is 0 Å². The summed E-state index contributed by atoms with van der Waals surface area (Å²) < 4.78 is 7.41. The summed E-state index contributed by atoms with van der Waals surface area (Å²) in [4.78, 5) is 0. The molecular formula is C13H24N4O. The van der Waals surface area contributed by atoms with E-state index >= 15 is 0 Å². The number of aromatic nitrogens is 2. The van der Waals surface area contributed by atoms with Crippen molar-refractivity contribution in [3.8, 4) is 0 Å². The first-order valence-corrected chi connectivity index (χ1v) is 6.77. The molecule has 0 amide bonds. The molecule has 5 heteroatoms. The topological polar surface area (TPSA) is 65.1 Å². The Hall–Kier alpha value is -0.910. The van der Waals surface area contributed by atoms with Gasteiger partial charge < -0.3 is 4.74 Å². The summed E-state index contributed by atoms with van der Waals surface area (Å²) in [5, 5.41) is 4.39. The predicted octanol–water partition coefficient (Wildman–Crippen LogP) is 1.000. The van der Waals surface area contributed by atoms with Crippen molar-refractivity contribution in [3.05, 3.63) is 18.0 Å². The van der Waals surface area contributed by atoms with Crippen molar-refractivity contribution >= 4 is 0 Å². The fourth-order valence-electron chi connectivity index (χ4n) is 2.68. The predicted molar refractivity (Wildman–Crippen MR) is 70.8 cm³/mol. The lowest BCUT2D eigenvalue weighted by Crippen LogP contribution is -2.42. The standard InChI is InChI=1S/C13H24N4O/c1-3-18-13-7-10(8-13)6-12(15-14)9-11-4-5-17(2)16-11/h4-5,10,12-13,15H,3,6-9,14H2,1-2H3. The van der Waals surface area contributed by atoms with Crippen molar-refractivity contribution in [2.24, 2.45) is 18.8 Å². The van der Waals surface area contributed by atoms with Gasteiger partial charge in [-0.1, -0.05) is 0 Å². The highest BCUT2D eigenvalue weighted by molar-refractivity contribution is 5.01. The van der Waals surface area contributed by atoms with Crippen LogP contribution >= 0.6 is 0 Å². The SMILES string of the molecule is CCOC1CC(CC(Cc2ccn(C)n2)NN)C1. The maximum absolute atomic E-state index is 5.63. The minimum atomic E-state index is 0.312. The molecule has 0 saturated heterocycles. The normalized spacial score (nSPS) is 24.8. The molecule has 1 atom stereocenters. The van der Waals surface area contributed by atoms with Gasteiger partial charge in [-0.25, -0.2) is 0 Å². The van der Waals surface area contributed by atoms with Gasteiger partial charge in [0.15, 0.2) is 0 Å². The molecule has 1 saturated carbocycles. The zero-order valence-electron chi connectivity index (χ0n) is 11.3. The molecule has 0 spiro atoms. The summed E-state index contributed by atoms with van der Waals surface area (Å²) in [6.45, 7) is 2.88. The molecule has 1 unspecified atom stereocenters. The Kier molecular flexibility index (Phi) is 4.74. The van der Waals surface area contributed by atoms with Gasteiger partial charge in [0.1, 0.15) is 0 Å². The van der Waals surface area contributed by atoms with Gasteiger partial charge in [0.05, 0.1) is 11.8 Å². The van der Waals surface area contributed by atoms with E-state index in [1.54, 1.807) is 0 Å². The Morgan fingerprint density at radius 2 is 2.39 bits per heavy atom. The van der Waals surface area contributed by atoms with Crippen LogP contribution in [0.15, 0.2) is 12.3 Å². The number of hydrazine groups is 1. The van der Waals surface area contributed by atoms with E-state index in [-0.39, 0.29) is 0 Å². The molecule has 0 aliphatic heterocycles. The van der Waals surface area contributed by atoms with Crippen LogP contribution in [0.2, 0.25) is 0 Å². The maximum atomic E-state index is 5.63. The van der Waals surface area contributed by atoms with Crippen LogP contribution in [-0.4, -0.2) is 28.5 Å². The van der Waals surface area contributed by atoms with Gasteiger partial charge in [-0.05, 0) is 38.2 Å². The number of aryl methyl sites for hydroxylation is 1. The Morgan fingerprint density at radius 1 is 1.61 bits per heavy atom. The van der Waals surface area contributed by atoms with Gasteiger partial charge in [-0.3, -0.25) is 16.0 Å². The van der Waals surface area contributed by atoms with E-state index in [2.05, 4.69) is 17.4 Å². The number of nitrogens with two attached hydrogens (primary N) is 1. The van der Waals surface area contributed by atoms with Crippen molar-refractivity contribution in [1.29, 1.82) is 0 Å². The van der Waals surface area contributed by atoms with Crippen LogP contribution in [0, 0.1) is 5.92 Å². The first-order chi connectivity index (χ1) is 8.71. The fourth-order valence-corrected chi connectivity index (χ4v) is 2.68. The van der Waals surface area contributed by atoms with Gasteiger partial charge in [0.25, 0.3) is 0 Å². The van der Waals surface area contributed by atoms with Crippen LogP contribution < -0.4 is 11.3 Å². The molecule has 1 aliphatic rings. The lowest BCUT2D eigenvalue weighted by Gasteiger charge is -2.36. The van der Waals surface area contributed by atoms with Crippen LogP contribution in [0.5, 0.6) is 0 Å². The molecule has 1 aromatic heterocycles. The van der Waals surface area contributed by atoms with Crippen LogP contribution in [-0.2, 0) is 18.2 Å². The van der Waals surface area contributed by atoms with E-state index in [0.717, 1.165) is 31.1 Å². The highest BCUT2D eigenvalue weighted by atomic mass is 16.5. The minimum absolute atomic E-state index is 0.312. The summed E-state index contributed by atoms with van der Waals surface area (Å²) in [5.41, 5.74) is 4.01. The minimum Gasteiger partial charge on any atom is -0.378 e. The first-order valence-electron chi connectivity index (χ1n) is 6.77. The van der Waals surface area contributed by atoms with Crippen molar-refractivity contribution < 1.29 is 4.74 Å². The largest absolute Gasteiger partial charge is 0.378 e. The Balaban J connectivity index is 1.73. The number of rotatable bonds is 7. The van der Waals surface area contributed by atoms with Crippen LogP contribution in [0.25, 0.3) is 0 Å². The quantitative estimate of drug-likeness (QED) is 0.561. The van der Waals surface area contributed by atoms with Gasteiger partial charge in [-0.15, -0.1) is 0 Å². The summed E-state index contributed by atoms with van der Waals surface area (Å²) in [6, 6.07) is 2.36. The summed E-state index contributed by atoms with van der Waals surface area (Å²) in [6.07, 6.45) is 6.80. The molecule has 1 heterocycles. The molecule has 0 radical (unpaired) electrons. The Morgan fingerprint density at radius 3 is 2.94 bits per heavy atom. The molecular weight excluding hydrogens is 228 g/mol. The molecule has 2 rings (SSSR count). The van der Waals surface area contributed by atoms with Crippen molar-refractivity contribution in [2.75, 3.05) is 6.61 Å². The van der Waals surface area contributed by atoms with Crippen LogP contribution in [0.1, 0.15) is 31.9 Å². The molecule has 3 N–H and O–H groups in total. The molecule has 0 bridgehead atoms. The van der Waals surface area contributed by atoms with Gasteiger partial charge in [-0.2, -0.15) is 5.10 Å². The second kappa shape index (κ2) is 6.31. The lowest BCUT2D eigenvalue weighted by atomic mass is 9.77. The summed E-state index contributed by atoms with van der Waals surface area (Å²) in [7, 11) is 1.94. The van der Waals surface area contributed by atoms with E-state index in [1.165, 1.54) is 12.8 Å². The number of hydrogen-bond donors (Lipinski definition) is 2.